The van der Waals surface area contributed by atoms with Gasteiger partial charge in [0.1, 0.15) is 0 Å². The molecule has 0 radical (unpaired) electrons. The number of rotatable bonds is 2. The maximum absolute atomic E-state index is 12.1. The highest BCUT2D eigenvalue weighted by atomic mass is 79.9. The van der Waals surface area contributed by atoms with Crippen LogP contribution in [0.4, 0.5) is 0 Å². The van der Waals surface area contributed by atoms with Crippen LogP contribution < -0.4 is 5.32 Å². The topological polar surface area (TPSA) is 45.5 Å². The van der Waals surface area contributed by atoms with Crippen LogP contribution in [0.5, 0.6) is 0 Å². The summed E-state index contributed by atoms with van der Waals surface area (Å²) in [5.41, 5.74) is 0. The summed E-state index contributed by atoms with van der Waals surface area (Å²) in [5.74, 6) is 0.338. The van der Waals surface area contributed by atoms with Crippen LogP contribution in [0.1, 0.15) is 23.4 Å². The Morgan fingerprint density at radius 1 is 1.56 bits per heavy atom. The normalized spacial score (nSPS) is 17.4. The summed E-state index contributed by atoms with van der Waals surface area (Å²) in [6.45, 7) is 1.95. The molecule has 0 saturated carbocycles. The monoisotopic (exact) mass is 286 g/mol. The van der Waals surface area contributed by atoms with Gasteiger partial charge in [0.2, 0.25) is 5.76 Å². The van der Waals surface area contributed by atoms with Crippen molar-refractivity contribution in [1.29, 1.82) is 0 Å². The third kappa shape index (κ3) is 2.30. The molecule has 0 aliphatic carbocycles. The molecule has 0 aromatic carbocycles. The van der Waals surface area contributed by atoms with Crippen LogP contribution in [0, 0.1) is 0 Å². The molecule has 4 nitrogen and oxygen atoms in total. The van der Waals surface area contributed by atoms with Crippen molar-refractivity contribution in [3.05, 3.63) is 22.6 Å². The standard InChI is InChI=1S/C11H15BrN2O2/c1-14(8-2-5-13-6-3-8)11(15)10-9(12)4-7-16-10/h4,7-8,13H,2-3,5-6H2,1H3. The third-order valence-corrected chi connectivity index (χ3v) is 3.61. The van der Waals surface area contributed by atoms with E-state index in [0.717, 1.165) is 30.4 Å². The Balaban J connectivity index is 2.06. The molecule has 16 heavy (non-hydrogen) atoms. The average molecular weight is 287 g/mol. The predicted octanol–water partition coefficient (Wildman–Crippen LogP) is 1.87. The fourth-order valence-corrected chi connectivity index (χ4v) is 2.34. The van der Waals surface area contributed by atoms with Crippen LogP contribution in [0.25, 0.3) is 0 Å². The van der Waals surface area contributed by atoms with Gasteiger partial charge in [-0.25, -0.2) is 0 Å². The molecular weight excluding hydrogens is 272 g/mol. The molecule has 0 atom stereocenters. The summed E-state index contributed by atoms with van der Waals surface area (Å²) in [7, 11) is 1.84. The molecule has 0 bridgehead atoms. The number of halogens is 1. The quantitative estimate of drug-likeness (QED) is 0.903. The maximum atomic E-state index is 12.1. The highest BCUT2D eigenvalue weighted by Gasteiger charge is 2.25. The molecule has 1 amide bonds. The van der Waals surface area contributed by atoms with Crippen molar-refractivity contribution in [2.75, 3.05) is 20.1 Å². The van der Waals surface area contributed by atoms with Gasteiger partial charge < -0.3 is 14.6 Å². The molecule has 1 fully saturated rings. The molecule has 2 rings (SSSR count). The third-order valence-electron chi connectivity index (χ3n) is 2.99. The van der Waals surface area contributed by atoms with Gasteiger partial charge in [0.05, 0.1) is 10.7 Å². The van der Waals surface area contributed by atoms with E-state index in [-0.39, 0.29) is 5.91 Å². The average Bonchev–Trinajstić information content (AvgIpc) is 2.75. The van der Waals surface area contributed by atoms with Gasteiger partial charge in [-0.15, -0.1) is 0 Å². The van der Waals surface area contributed by atoms with E-state index in [1.807, 2.05) is 7.05 Å². The number of furan rings is 1. The summed E-state index contributed by atoms with van der Waals surface area (Å²) in [4.78, 5) is 13.9. The molecule has 1 aliphatic heterocycles. The van der Waals surface area contributed by atoms with Crippen molar-refractivity contribution in [3.8, 4) is 0 Å². The molecule has 1 N–H and O–H groups in total. The molecule has 88 valence electrons. The van der Waals surface area contributed by atoms with Crippen molar-refractivity contribution in [2.45, 2.75) is 18.9 Å². The molecule has 2 heterocycles. The van der Waals surface area contributed by atoms with Gasteiger partial charge in [-0.3, -0.25) is 4.79 Å². The predicted molar refractivity (Wildman–Crippen MR) is 64.4 cm³/mol. The minimum absolute atomic E-state index is 0.0521. The zero-order chi connectivity index (χ0) is 11.5. The van der Waals surface area contributed by atoms with Crippen molar-refractivity contribution in [3.63, 3.8) is 0 Å². The lowest BCUT2D eigenvalue weighted by Crippen LogP contribution is -2.43. The first kappa shape index (κ1) is 11.7. The van der Waals surface area contributed by atoms with E-state index in [0.29, 0.717) is 11.8 Å². The van der Waals surface area contributed by atoms with Crippen LogP contribution in [-0.4, -0.2) is 37.0 Å². The van der Waals surface area contributed by atoms with Crippen LogP contribution in [0.2, 0.25) is 0 Å². The summed E-state index contributed by atoms with van der Waals surface area (Å²) in [6, 6.07) is 2.05. The van der Waals surface area contributed by atoms with E-state index in [1.165, 1.54) is 6.26 Å². The van der Waals surface area contributed by atoms with Crippen molar-refractivity contribution < 1.29 is 9.21 Å². The Morgan fingerprint density at radius 2 is 2.25 bits per heavy atom. The Kier molecular flexibility index (Phi) is 3.66. The zero-order valence-corrected chi connectivity index (χ0v) is 10.8. The molecule has 1 aliphatic rings. The maximum Gasteiger partial charge on any atom is 0.290 e. The second kappa shape index (κ2) is 5.01. The molecule has 0 unspecified atom stereocenters. The minimum Gasteiger partial charge on any atom is -0.458 e. The first-order valence-corrected chi connectivity index (χ1v) is 6.20. The summed E-state index contributed by atoms with van der Waals surface area (Å²) in [6.07, 6.45) is 3.52. The van der Waals surface area contributed by atoms with Gasteiger partial charge in [0.25, 0.3) is 5.91 Å². The highest BCUT2D eigenvalue weighted by molar-refractivity contribution is 9.10. The second-order valence-corrected chi connectivity index (χ2v) is 4.85. The summed E-state index contributed by atoms with van der Waals surface area (Å²) >= 11 is 3.31. The van der Waals surface area contributed by atoms with Crippen LogP contribution in [0.3, 0.4) is 0 Å². The number of nitrogens with one attached hydrogen (secondary N) is 1. The van der Waals surface area contributed by atoms with Crippen molar-refractivity contribution >= 4 is 21.8 Å². The van der Waals surface area contributed by atoms with Crippen molar-refractivity contribution in [2.24, 2.45) is 0 Å². The van der Waals surface area contributed by atoms with Gasteiger partial charge in [0.15, 0.2) is 0 Å². The fourth-order valence-electron chi connectivity index (χ4n) is 1.97. The fraction of sp³-hybridized carbons (Fsp3) is 0.545. The van der Waals surface area contributed by atoms with Gasteiger partial charge in [-0.1, -0.05) is 0 Å². The van der Waals surface area contributed by atoms with E-state index in [4.69, 9.17) is 4.42 Å². The van der Waals surface area contributed by atoms with Crippen molar-refractivity contribution in [1.82, 2.24) is 10.2 Å². The lowest BCUT2D eigenvalue weighted by molar-refractivity contribution is 0.0670. The number of nitrogens with zero attached hydrogens (tertiary/aromatic N) is 1. The van der Waals surface area contributed by atoms with Gasteiger partial charge in [-0.2, -0.15) is 0 Å². The Hall–Kier alpha value is -0.810. The van der Waals surface area contributed by atoms with Crippen LogP contribution >= 0.6 is 15.9 Å². The van der Waals surface area contributed by atoms with E-state index in [2.05, 4.69) is 21.2 Å². The summed E-state index contributed by atoms with van der Waals surface area (Å²) < 4.78 is 5.90. The van der Waals surface area contributed by atoms with Gasteiger partial charge in [-0.05, 0) is 47.9 Å². The first-order chi connectivity index (χ1) is 7.70. The number of carbonyl (C=O) groups excluding carboxylic acids is 1. The van der Waals surface area contributed by atoms with E-state index in [1.54, 1.807) is 11.0 Å². The van der Waals surface area contributed by atoms with E-state index >= 15 is 0 Å². The van der Waals surface area contributed by atoms with Crippen LogP contribution in [0.15, 0.2) is 21.2 Å². The number of amides is 1. The lowest BCUT2D eigenvalue weighted by Gasteiger charge is -2.31. The minimum atomic E-state index is -0.0521. The first-order valence-electron chi connectivity index (χ1n) is 5.41. The number of hydrogen-bond donors (Lipinski definition) is 1. The number of carbonyl (C=O) groups is 1. The SMILES string of the molecule is CN(C(=O)c1occc1Br)C1CCNCC1. The van der Waals surface area contributed by atoms with Gasteiger partial charge >= 0.3 is 0 Å². The number of piperidine rings is 1. The largest absolute Gasteiger partial charge is 0.458 e. The Labute approximate surface area is 103 Å². The van der Waals surface area contributed by atoms with E-state index < -0.39 is 0 Å². The molecule has 5 heteroatoms. The molecular formula is C11H15BrN2O2. The second-order valence-electron chi connectivity index (χ2n) is 3.99. The molecule has 1 saturated heterocycles. The lowest BCUT2D eigenvalue weighted by atomic mass is 10.1. The van der Waals surface area contributed by atoms with Crippen LogP contribution in [-0.2, 0) is 0 Å². The summed E-state index contributed by atoms with van der Waals surface area (Å²) in [5, 5.41) is 3.28. The smallest absolute Gasteiger partial charge is 0.290 e. The number of hydrogen-bond acceptors (Lipinski definition) is 3. The Bertz CT molecular complexity index is 372. The van der Waals surface area contributed by atoms with Gasteiger partial charge in [0, 0.05) is 13.1 Å². The van der Waals surface area contributed by atoms with E-state index in [9.17, 15) is 4.79 Å². The molecule has 0 spiro atoms. The molecule has 1 aromatic heterocycles. The highest BCUT2D eigenvalue weighted by Crippen LogP contribution is 2.21. The molecule has 1 aromatic rings. The zero-order valence-electron chi connectivity index (χ0n) is 9.20. The Morgan fingerprint density at radius 3 is 2.81 bits per heavy atom.